The van der Waals surface area contributed by atoms with Gasteiger partial charge in [-0.15, -0.1) is 0 Å². The molecule has 0 radical (unpaired) electrons. The summed E-state index contributed by atoms with van der Waals surface area (Å²) in [6, 6.07) is 0.854. The summed E-state index contributed by atoms with van der Waals surface area (Å²) >= 11 is 0. The Bertz CT molecular complexity index is 807. The number of hydrogen-bond acceptors (Lipinski definition) is 7. The van der Waals surface area contributed by atoms with Gasteiger partial charge in [-0.1, -0.05) is 5.16 Å². The van der Waals surface area contributed by atoms with Gasteiger partial charge in [0.15, 0.2) is 5.82 Å². The molecular formula is C17H22N6O3. The van der Waals surface area contributed by atoms with E-state index in [0.717, 1.165) is 19.6 Å². The molecule has 2 aliphatic heterocycles. The van der Waals surface area contributed by atoms with Crippen LogP contribution in [-0.4, -0.2) is 74.5 Å². The third-order valence-corrected chi connectivity index (χ3v) is 5.35. The van der Waals surface area contributed by atoms with Crippen LogP contribution in [0.1, 0.15) is 47.1 Å². The van der Waals surface area contributed by atoms with Crippen LogP contribution in [0.4, 0.5) is 0 Å². The Balaban J connectivity index is 1.17. The van der Waals surface area contributed by atoms with Crippen molar-refractivity contribution in [3.05, 3.63) is 29.7 Å². The molecule has 1 unspecified atom stereocenters. The van der Waals surface area contributed by atoms with Crippen LogP contribution in [0.5, 0.6) is 0 Å². The van der Waals surface area contributed by atoms with Crippen molar-refractivity contribution in [1.82, 2.24) is 29.7 Å². The number of carbonyl (C=O) groups excluding carboxylic acids is 1. The third-order valence-electron chi connectivity index (χ3n) is 5.35. The van der Waals surface area contributed by atoms with E-state index in [-0.39, 0.29) is 12.0 Å². The van der Waals surface area contributed by atoms with E-state index in [1.54, 1.807) is 13.1 Å². The lowest BCUT2D eigenvalue weighted by molar-refractivity contribution is -0.0782. The number of carbonyl (C=O) groups is 1. The standard InChI is InChI=1S/C17H22N6O3/c1-11-19-16(26-20-11)15-10-21(4-5-25-15)14-8-22(9-14)17(24)12-6-18-23(7-12)13-2-3-13/h6-7,13-15H,2-5,8-10H2,1H3. The van der Waals surface area contributed by atoms with Gasteiger partial charge in [0.25, 0.3) is 11.8 Å². The Morgan fingerprint density at radius 3 is 2.81 bits per heavy atom. The smallest absolute Gasteiger partial charge is 0.257 e. The van der Waals surface area contributed by atoms with Crippen LogP contribution < -0.4 is 0 Å². The average molecular weight is 358 g/mol. The van der Waals surface area contributed by atoms with E-state index in [1.807, 2.05) is 15.8 Å². The van der Waals surface area contributed by atoms with E-state index in [4.69, 9.17) is 9.26 Å². The molecule has 5 rings (SSSR count). The van der Waals surface area contributed by atoms with Gasteiger partial charge in [-0.05, 0) is 19.8 Å². The molecule has 2 saturated heterocycles. The van der Waals surface area contributed by atoms with Crippen molar-refractivity contribution < 1.29 is 14.1 Å². The maximum absolute atomic E-state index is 12.6. The first-order chi connectivity index (χ1) is 12.7. The molecule has 0 aromatic carbocycles. The normalized spacial score (nSPS) is 24.7. The van der Waals surface area contributed by atoms with Crippen molar-refractivity contribution in [3.63, 3.8) is 0 Å². The Labute approximate surface area is 150 Å². The van der Waals surface area contributed by atoms with Crippen LogP contribution in [0.3, 0.4) is 0 Å². The highest BCUT2D eigenvalue weighted by atomic mass is 16.5. The average Bonchev–Trinajstić information content (AvgIpc) is 3.17. The third kappa shape index (κ3) is 2.90. The quantitative estimate of drug-likeness (QED) is 0.799. The summed E-state index contributed by atoms with van der Waals surface area (Å²) in [6.07, 6.45) is 5.72. The summed E-state index contributed by atoms with van der Waals surface area (Å²) in [7, 11) is 0. The van der Waals surface area contributed by atoms with Crippen molar-refractivity contribution in [2.24, 2.45) is 0 Å². The monoisotopic (exact) mass is 358 g/mol. The Morgan fingerprint density at radius 2 is 2.08 bits per heavy atom. The highest BCUT2D eigenvalue weighted by Crippen LogP contribution is 2.34. The number of likely N-dealkylation sites (tertiary alicyclic amines) is 1. The maximum atomic E-state index is 12.6. The molecule has 4 heterocycles. The predicted molar refractivity (Wildman–Crippen MR) is 89.5 cm³/mol. The van der Waals surface area contributed by atoms with Crippen molar-refractivity contribution >= 4 is 5.91 Å². The van der Waals surface area contributed by atoms with E-state index in [0.29, 0.717) is 42.5 Å². The minimum Gasteiger partial charge on any atom is -0.366 e. The molecule has 9 nitrogen and oxygen atoms in total. The molecule has 3 fully saturated rings. The molecule has 0 bridgehead atoms. The lowest BCUT2D eigenvalue weighted by atomic mass is 10.0. The zero-order valence-electron chi connectivity index (χ0n) is 14.7. The van der Waals surface area contributed by atoms with Gasteiger partial charge in [-0.2, -0.15) is 10.1 Å². The summed E-state index contributed by atoms with van der Waals surface area (Å²) in [5.74, 6) is 1.23. The molecule has 1 amide bonds. The molecule has 1 atom stereocenters. The zero-order chi connectivity index (χ0) is 17.7. The molecule has 2 aromatic heterocycles. The lowest BCUT2D eigenvalue weighted by Crippen LogP contribution is -2.63. The van der Waals surface area contributed by atoms with E-state index in [2.05, 4.69) is 20.1 Å². The van der Waals surface area contributed by atoms with Crippen molar-refractivity contribution in [3.8, 4) is 0 Å². The Morgan fingerprint density at radius 1 is 1.23 bits per heavy atom. The van der Waals surface area contributed by atoms with Gasteiger partial charge in [-0.25, -0.2) is 0 Å². The van der Waals surface area contributed by atoms with E-state index >= 15 is 0 Å². The van der Waals surface area contributed by atoms with Crippen LogP contribution in [0.15, 0.2) is 16.9 Å². The highest BCUT2D eigenvalue weighted by molar-refractivity contribution is 5.94. The van der Waals surface area contributed by atoms with Gasteiger partial charge in [0, 0.05) is 38.4 Å². The number of morpholine rings is 1. The fraction of sp³-hybridized carbons (Fsp3) is 0.647. The molecular weight excluding hydrogens is 336 g/mol. The number of ether oxygens (including phenoxy) is 1. The predicted octanol–water partition coefficient (Wildman–Crippen LogP) is 0.807. The van der Waals surface area contributed by atoms with Gasteiger partial charge >= 0.3 is 0 Å². The minimum absolute atomic E-state index is 0.0745. The summed E-state index contributed by atoms with van der Waals surface area (Å²) in [4.78, 5) is 21.1. The van der Waals surface area contributed by atoms with E-state index < -0.39 is 0 Å². The van der Waals surface area contributed by atoms with E-state index in [9.17, 15) is 4.79 Å². The van der Waals surface area contributed by atoms with Gasteiger partial charge < -0.3 is 14.2 Å². The second-order valence-corrected chi connectivity index (χ2v) is 7.34. The fourth-order valence-electron chi connectivity index (χ4n) is 3.62. The topological polar surface area (TPSA) is 89.5 Å². The van der Waals surface area contributed by atoms with Crippen LogP contribution in [0, 0.1) is 6.92 Å². The first-order valence-corrected chi connectivity index (χ1v) is 9.16. The van der Waals surface area contributed by atoms with Gasteiger partial charge in [-0.3, -0.25) is 14.4 Å². The molecule has 0 spiro atoms. The number of hydrogen-bond donors (Lipinski definition) is 0. The molecule has 0 N–H and O–H groups in total. The first kappa shape index (κ1) is 16.0. The second-order valence-electron chi connectivity index (χ2n) is 7.34. The summed E-state index contributed by atoms with van der Waals surface area (Å²) in [6.45, 7) is 5.48. The van der Waals surface area contributed by atoms with Crippen molar-refractivity contribution in [1.29, 1.82) is 0 Å². The van der Waals surface area contributed by atoms with Crippen molar-refractivity contribution in [2.45, 2.75) is 38.0 Å². The van der Waals surface area contributed by atoms with E-state index in [1.165, 1.54) is 12.8 Å². The van der Waals surface area contributed by atoms with Crippen LogP contribution >= 0.6 is 0 Å². The zero-order valence-corrected chi connectivity index (χ0v) is 14.7. The number of aryl methyl sites for hydroxylation is 1. The highest BCUT2D eigenvalue weighted by Gasteiger charge is 2.39. The Kier molecular flexibility index (Phi) is 3.79. The SMILES string of the molecule is Cc1noc(C2CN(C3CN(C(=O)c4cnn(C5CC5)c4)C3)CCO2)n1. The van der Waals surface area contributed by atoms with Gasteiger partial charge in [0.05, 0.1) is 24.4 Å². The van der Waals surface area contributed by atoms with Gasteiger partial charge in [0.2, 0.25) is 0 Å². The molecule has 1 saturated carbocycles. The molecule has 3 aliphatic rings. The number of nitrogens with zero attached hydrogens (tertiary/aromatic N) is 6. The van der Waals surface area contributed by atoms with Crippen LogP contribution in [-0.2, 0) is 4.74 Å². The molecule has 26 heavy (non-hydrogen) atoms. The lowest BCUT2D eigenvalue weighted by Gasteiger charge is -2.47. The van der Waals surface area contributed by atoms with Crippen LogP contribution in [0.2, 0.25) is 0 Å². The largest absolute Gasteiger partial charge is 0.366 e. The van der Waals surface area contributed by atoms with Gasteiger partial charge in [0.1, 0.15) is 6.10 Å². The summed E-state index contributed by atoms with van der Waals surface area (Å²) in [5, 5.41) is 8.15. The molecule has 138 valence electrons. The number of aromatic nitrogens is 4. The molecule has 1 aliphatic carbocycles. The molecule has 9 heteroatoms. The second kappa shape index (κ2) is 6.17. The minimum atomic E-state index is -0.188. The van der Waals surface area contributed by atoms with Crippen molar-refractivity contribution in [2.75, 3.05) is 32.8 Å². The number of amides is 1. The summed E-state index contributed by atoms with van der Waals surface area (Å²) < 4.78 is 12.9. The Hall–Kier alpha value is -2.26. The molecule has 2 aromatic rings. The first-order valence-electron chi connectivity index (χ1n) is 9.16. The fourth-order valence-corrected chi connectivity index (χ4v) is 3.62. The maximum Gasteiger partial charge on any atom is 0.257 e. The summed E-state index contributed by atoms with van der Waals surface area (Å²) in [5.41, 5.74) is 0.691. The number of rotatable bonds is 4. The van der Waals surface area contributed by atoms with Crippen LogP contribution in [0.25, 0.3) is 0 Å².